The number of nitriles is 1. The highest BCUT2D eigenvalue weighted by Gasteiger charge is 2.51. The van der Waals surface area contributed by atoms with E-state index < -0.39 is 76.7 Å². The Labute approximate surface area is 435 Å². The van der Waals surface area contributed by atoms with E-state index in [0.29, 0.717) is 22.9 Å². The van der Waals surface area contributed by atoms with Gasteiger partial charge in [0.1, 0.15) is 34.9 Å². The molecule has 3 atom stereocenters. The number of ether oxygens (including phenoxy) is 2. The third-order valence-electron chi connectivity index (χ3n) is 12.8. The second-order valence-electron chi connectivity index (χ2n) is 19.5. The van der Waals surface area contributed by atoms with Gasteiger partial charge < -0.3 is 35.0 Å². The monoisotopic (exact) mass is 1040 g/mol. The van der Waals surface area contributed by atoms with Crippen LogP contribution in [0.5, 0.6) is 17.2 Å². The van der Waals surface area contributed by atoms with Crippen molar-refractivity contribution in [1.82, 2.24) is 20.5 Å². The fraction of sp³-hybridized carbons (Fsp3) is 0.291. The zero-order valence-corrected chi connectivity index (χ0v) is 42.8. The molecule has 2 aliphatic heterocycles. The van der Waals surface area contributed by atoms with E-state index in [0.717, 1.165) is 49.9 Å². The first-order valence-electron chi connectivity index (χ1n) is 23.5. The number of amides is 4. The third-order valence-corrected chi connectivity index (χ3v) is 14.1. The quantitative estimate of drug-likeness (QED) is 0.0886. The Morgan fingerprint density at radius 3 is 2.20 bits per heavy atom. The number of aliphatic hydroxyl groups excluding tert-OH is 1. The molecule has 2 aliphatic rings. The van der Waals surface area contributed by atoms with Crippen molar-refractivity contribution >= 4 is 63.7 Å². The molecule has 0 saturated carbocycles. The number of thiocarbonyl (C=S) groups is 1. The van der Waals surface area contributed by atoms with Gasteiger partial charge in [-0.05, 0) is 127 Å². The highest BCUT2D eigenvalue weighted by atomic mass is 32.1. The first-order chi connectivity index (χ1) is 35.0. The maximum Gasteiger partial charge on any atom is 0.417 e. The van der Waals surface area contributed by atoms with Crippen molar-refractivity contribution in [3.63, 3.8) is 0 Å². The summed E-state index contributed by atoms with van der Waals surface area (Å²) in [6.45, 7) is 10.4. The number of anilines is 2. The predicted molar refractivity (Wildman–Crippen MR) is 278 cm³/mol. The number of nitrogens with one attached hydrogen (secondary N) is 2. The van der Waals surface area contributed by atoms with E-state index in [1.807, 2.05) is 61.5 Å². The lowest BCUT2D eigenvalue weighted by Crippen LogP contribution is -2.58. The van der Waals surface area contributed by atoms with Gasteiger partial charge in [-0.3, -0.25) is 24.1 Å². The zero-order chi connectivity index (χ0) is 53.3. The lowest BCUT2D eigenvalue weighted by Gasteiger charge is -2.35. The summed E-state index contributed by atoms with van der Waals surface area (Å²) in [5.41, 5.74) is 2.90. The highest BCUT2D eigenvalue weighted by molar-refractivity contribution is 7.81. The van der Waals surface area contributed by atoms with Gasteiger partial charge in [-0.15, -0.1) is 11.3 Å². The predicted octanol–water partition coefficient (Wildman–Crippen LogP) is 9.57. The topological polar surface area (TPSA) is 177 Å². The number of aromatic nitrogens is 1. The molecule has 14 nitrogen and oxygen atoms in total. The average molecular weight is 1040 g/mol. The van der Waals surface area contributed by atoms with Crippen LogP contribution in [0.1, 0.15) is 63.4 Å². The number of alkyl halides is 3. The summed E-state index contributed by atoms with van der Waals surface area (Å²) >= 11 is 7.25. The number of thiazole rings is 1. The van der Waals surface area contributed by atoms with Gasteiger partial charge in [0.15, 0.2) is 11.7 Å². The average Bonchev–Trinajstić information content (AvgIpc) is 4.03. The minimum Gasteiger partial charge on any atom is -0.484 e. The normalized spacial score (nSPS) is 17.0. The van der Waals surface area contributed by atoms with Crippen molar-refractivity contribution in [2.75, 3.05) is 23.0 Å². The molecule has 19 heteroatoms. The fourth-order valence-electron chi connectivity index (χ4n) is 8.87. The van der Waals surface area contributed by atoms with Crippen LogP contribution in [0.2, 0.25) is 0 Å². The molecule has 3 heterocycles. The first kappa shape index (κ1) is 52.7. The molecular weight excluding hydrogens is 992 g/mol. The van der Waals surface area contributed by atoms with E-state index in [-0.39, 0.29) is 30.3 Å². The van der Waals surface area contributed by atoms with E-state index in [2.05, 4.69) is 15.6 Å². The number of β-amino-alcohol motifs (C(OH)–C–C–N with tert-alkyl or cyclic N) is 1. The van der Waals surface area contributed by atoms with Crippen molar-refractivity contribution in [2.45, 2.75) is 84.4 Å². The van der Waals surface area contributed by atoms with Gasteiger partial charge in [-0.1, -0.05) is 69.3 Å². The summed E-state index contributed by atoms with van der Waals surface area (Å²) in [7, 11) is 0. The standard InChI is InChI=1S/C55H52F3N7O7S2/c1-32-47(74-31-61-32)35-12-10-33(11-13-35)28-60-49(68)45-26-40(66)29-63(45)50(69)48(53(2,3)4)62-46(67)30-71-41-20-22-42(23-21-41)72-43-9-7-8-36(24-43)34-14-17-38(18-15-34)65-52(73)64(51(70)54(65,5)6)39-19-16-37(27-59)44(25-39)55(56,57)58/h7-25,31,40,45,48,66H,26,28-30H2,1-6H3,(H,60,68)(H,62,67)/t40-,45+,48-/m1/s1. The van der Waals surface area contributed by atoms with Crippen molar-refractivity contribution in [1.29, 1.82) is 5.26 Å². The molecule has 8 rings (SSSR count). The molecule has 382 valence electrons. The number of nitrogens with zero attached hydrogens (tertiary/aromatic N) is 5. The molecule has 6 aromatic rings. The van der Waals surface area contributed by atoms with Crippen LogP contribution in [0.4, 0.5) is 24.5 Å². The van der Waals surface area contributed by atoms with Crippen LogP contribution in [0.25, 0.3) is 21.6 Å². The largest absolute Gasteiger partial charge is 0.484 e. The molecule has 2 saturated heterocycles. The number of benzene rings is 5. The lowest BCUT2D eigenvalue weighted by molar-refractivity contribution is -0.144. The number of halogens is 3. The van der Waals surface area contributed by atoms with Crippen LogP contribution in [0.15, 0.2) is 121 Å². The molecule has 1 aromatic heterocycles. The van der Waals surface area contributed by atoms with Gasteiger partial charge in [0.05, 0.1) is 45.1 Å². The summed E-state index contributed by atoms with van der Waals surface area (Å²) in [6, 6.07) is 31.5. The van der Waals surface area contributed by atoms with Crippen molar-refractivity contribution in [3.05, 3.63) is 143 Å². The SMILES string of the molecule is Cc1ncsc1-c1ccc(CNC(=O)[C@@H]2C[C@@H](O)CN2C(=O)[C@@H](NC(=O)COc2ccc(Oc3cccc(-c4ccc(N5C(=S)N(c6ccc(C#N)c(C(F)(F)F)c6)C(=O)C5(C)C)cc4)c3)cc2)C(C)(C)C)cc1. The molecule has 0 radical (unpaired) electrons. The lowest BCUT2D eigenvalue weighted by atomic mass is 9.85. The second kappa shape index (κ2) is 21.1. The maximum absolute atomic E-state index is 14.1. The van der Waals surface area contributed by atoms with Gasteiger partial charge in [-0.2, -0.15) is 18.4 Å². The number of aliphatic hydroxyl groups is 1. The third kappa shape index (κ3) is 11.3. The zero-order valence-electron chi connectivity index (χ0n) is 41.2. The number of aryl methyl sites for hydroxylation is 1. The Bertz CT molecular complexity index is 3150. The molecule has 4 amide bonds. The van der Waals surface area contributed by atoms with E-state index in [4.69, 9.17) is 21.7 Å². The molecule has 0 spiro atoms. The molecular formula is C55H52F3N7O7S2. The van der Waals surface area contributed by atoms with Gasteiger partial charge >= 0.3 is 6.18 Å². The first-order valence-corrected chi connectivity index (χ1v) is 24.8. The van der Waals surface area contributed by atoms with Gasteiger partial charge in [0, 0.05) is 25.2 Å². The number of carbonyl (C=O) groups is 4. The van der Waals surface area contributed by atoms with Crippen LogP contribution in [-0.2, 0) is 31.9 Å². The number of hydrogen-bond donors (Lipinski definition) is 3. The Balaban J connectivity index is 0.852. The van der Waals surface area contributed by atoms with E-state index in [9.17, 15) is 42.7 Å². The van der Waals surface area contributed by atoms with E-state index in [1.54, 1.807) is 105 Å². The molecule has 2 fully saturated rings. The molecule has 3 N–H and O–H groups in total. The summed E-state index contributed by atoms with van der Waals surface area (Å²) in [6.07, 6.45) is -5.68. The molecule has 5 aromatic carbocycles. The van der Waals surface area contributed by atoms with Crippen molar-refractivity contribution in [2.24, 2.45) is 5.41 Å². The molecule has 0 aliphatic carbocycles. The van der Waals surface area contributed by atoms with Gasteiger partial charge in [0.2, 0.25) is 11.8 Å². The number of carbonyl (C=O) groups excluding carboxylic acids is 4. The van der Waals surface area contributed by atoms with Crippen LogP contribution in [0, 0.1) is 23.7 Å². The smallest absolute Gasteiger partial charge is 0.417 e. The van der Waals surface area contributed by atoms with Crippen LogP contribution >= 0.6 is 23.6 Å². The van der Waals surface area contributed by atoms with Crippen molar-refractivity contribution < 1.29 is 46.9 Å². The Kier molecular flexibility index (Phi) is 15.0. The summed E-state index contributed by atoms with van der Waals surface area (Å²) < 4.78 is 53.4. The van der Waals surface area contributed by atoms with Crippen molar-refractivity contribution in [3.8, 4) is 44.9 Å². The Morgan fingerprint density at radius 1 is 0.905 bits per heavy atom. The maximum atomic E-state index is 14.1. The number of hydrogen-bond acceptors (Lipinski definition) is 11. The molecule has 0 unspecified atom stereocenters. The van der Waals surface area contributed by atoms with E-state index >= 15 is 0 Å². The number of rotatable bonds is 14. The highest BCUT2D eigenvalue weighted by Crippen LogP contribution is 2.41. The second-order valence-corrected chi connectivity index (χ2v) is 20.8. The minimum absolute atomic E-state index is 0.0173. The van der Waals surface area contributed by atoms with Crippen LogP contribution in [-0.4, -0.2) is 80.6 Å². The Morgan fingerprint density at radius 2 is 1.57 bits per heavy atom. The van der Waals surface area contributed by atoms with Gasteiger partial charge in [0.25, 0.3) is 11.8 Å². The Hall–Kier alpha value is -7.66. The summed E-state index contributed by atoms with van der Waals surface area (Å²) in [5.74, 6) is -0.645. The van der Waals surface area contributed by atoms with Gasteiger partial charge in [-0.25, -0.2) is 4.98 Å². The number of likely N-dealkylation sites (tertiary alicyclic amines) is 1. The molecule has 74 heavy (non-hydrogen) atoms. The van der Waals surface area contributed by atoms with Crippen LogP contribution in [0.3, 0.4) is 0 Å². The summed E-state index contributed by atoms with van der Waals surface area (Å²) in [4.78, 5) is 64.0. The van der Waals surface area contributed by atoms with E-state index in [1.165, 1.54) is 11.0 Å². The fourth-order valence-corrected chi connectivity index (χ4v) is 10.2. The molecule has 0 bridgehead atoms. The minimum atomic E-state index is -4.82. The summed E-state index contributed by atoms with van der Waals surface area (Å²) in [5, 5.41) is 25.6. The van der Waals surface area contributed by atoms with Crippen LogP contribution < -0.4 is 29.9 Å².